The Bertz CT molecular complexity index is 398. The van der Waals surface area contributed by atoms with E-state index in [0.29, 0.717) is 6.61 Å². The maximum absolute atomic E-state index is 9.08. The van der Waals surface area contributed by atoms with Crippen molar-refractivity contribution < 1.29 is 14.6 Å². The number of allylic oxidation sites excluding steroid dienone is 1. The van der Waals surface area contributed by atoms with Crippen molar-refractivity contribution in [2.45, 2.75) is 19.4 Å². The number of aliphatic hydroxyl groups excluding tert-OH is 1. The summed E-state index contributed by atoms with van der Waals surface area (Å²) in [6, 6.07) is 3.92. The molecule has 3 heteroatoms. The van der Waals surface area contributed by atoms with E-state index in [-0.39, 0.29) is 12.7 Å². The third-order valence-corrected chi connectivity index (χ3v) is 2.72. The maximum Gasteiger partial charge on any atom is 0.165 e. The lowest BCUT2D eigenvalue weighted by Crippen LogP contribution is -2.32. The molecule has 1 aromatic rings. The first-order chi connectivity index (χ1) is 7.76. The third-order valence-electron chi connectivity index (χ3n) is 2.72. The van der Waals surface area contributed by atoms with Crippen LogP contribution in [0.3, 0.4) is 0 Å². The summed E-state index contributed by atoms with van der Waals surface area (Å²) in [6.07, 6.45) is 2.32. The molecule has 1 aliphatic heterocycles. The first kappa shape index (κ1) is 11.0. The highest BCUT2D eigenvalue weighted by atomic mass is 16.6. The topological polar surface area (TPSA) is 38.7 Å². The van der Waals surface area contributed by atoms with E-state index in [9.17, 15) is 0 Å². The summed E-state index contributed by atoms with van der Waals surface area (Å²) >= 11 is 0. The summed E-state index contributed by atoms with van der Waals surface area (Å²) in [5.74, 6) is 1.51. The van der Waals surface area contributed by atoms with E-state index in [2.05, 4.69) is 6.58 Å². The van der Waals surface area contributed by atoms with E-state index in [1.54, 1.807) is 0 Å². The Morgan fingerprint density at radius 3 is 3.06 bits per heavy atom. The van der Waals surface area contributed by atoms with Crippen LogP contribution in [0, 0.1) is 6.92 Å². The first-order valence-electron chi connectivity index (χ1n) is 5.40. The van der Waals surface area contributed by atoms with Gasteiger partial charge in [-0.05, 0) is 25.0 Å². The molecule has 0 aliphatic carbocycles. The Labute approximate surface area is 95.3 Å². The first-order valence-corrected chi connectivity index (χ1v) is 5.40. The van der Waals surface area contributed by atoms with Crippen LogP contribution in [-0.2, 0) is 6.42 Å². The van der Waals surface area contributed by atoms with Crippen LogP contribution in [0.1, 0.15) is 11.1 Å². The van der Waals surface area contributed by atoms with Gasteiger partial charge in [-0.2, -0.15) is 0 Å². The van der Waals surface area contributed by atoms with Gasteiger partial charge in [-0.3, -0.25) is 0 Å². The summed E-state index contributed by atoms with van der Waals surface area (Å²) in [6.45, 7) is 6.15. The molecular formula is C13H16O3. The van der Waals surface area contributed by atoms with E-state index >= 15 is 0 Å². The number of ether oxygens (including phenoxy) is 2. The van der Waals surface area contributed by atoms with Gasteiger partial charge in [-0.15, -0.1) is 6.58 Å². The van der Waals surface area contributed by atoms with Gasteiger partial charge >= 0.3 is 0 Å². The fourth-order valence-electron chi connectivity index (χ4n) is 1.82. The number of benzene rings is 1. The molecule has 1 unspecified atom stereocenters. The zero-order chi connectivity index (χ0) is 11.5. The minimum atomic E-state index is -0.266. The molecule has 0 fully saturated rings. The van der Waals surface area contributed by atoms with Crippen LogP contribution < -0.4 is 9.47 Å². The Balaban J connectivity index is 2.40. The van der Waals surface area contributed by atoms with E-state index in [1.807, 2.05) is 25.1 Å². The molecule has 0 spiro atoms. The van der Waals surface area contributed by atoms with Gasteiger partial charge in [0.05, 0.1) is 6.61 Å². The normalized spacial score (nSPS) is 18.2. The van der Waals surface area contributed by atoms with Gasteiger partial charge in [0, 0.05) is 5.56 Å². The van der Waals surface area contributed by atoms with Gasteiger partial charge in [0.2, 0.25) is 0 Å². The van der Waals surface area contributed by atoms with Gasteiger partial charge < -0.3 is 14.6 Å². The largest absolute Gasteiger partial charge is 0.486 e. The number of hydrogen-bond acceptors (Lipinski definition) is 3. The second-order valence-electron chi connectivity index (χ2n) is 3.91. The zero-order valence-corrected chi connectivity index (χ0v) is 9.40. The standard InChI is InChI=1S/C13H16O3/c1-3-4-11-9(2)5-6-12-13(11)16-10(7-14)8-15-12/h3,5-6,10,14H,1,4,7-8H2,2H3. The molecule has 0 saturated heterocycles. The minimum Gasteiger partial charge on any atom is -0.486 e. The van der Waals surface area contributed by atoms with Crippen molar-refractivity contribution in [2.75, 3.05) is 13.2 Å². The highest BCUT2D eigenvalue weighted by molar-refractivity contribution is 5.52. The summed E-state index contributed by atoms with van der Waals surface area (Å²) in [4.78, 5) is 0. The van der Waals surface area contributed by atoms with Crippen molar-refractivity contribution in [1.29, 1.82) is 0 Å². The van der Waals surface area contributed by atoms with Gasteiger partial charge in [0.25, 0.3) is 0 Å². The maximum atomic E-state index is 9.08. The lowest BCUT2D eigenvalue weighted by atomic mass is 10.0. The van der Waals surface area contributed by atoms with Crippen LogP contribution in [0.5, 0.6) is 11.5 Å². The Hall–Kier alpha value is -1.48. The molecule has 0 amide bonds. The Morgan fingerprint density at radius 1 is 1.56 bits per heavy atom. The molecule has 0 saturated carbocycles. The molecule has 2 rings (SSSR count). The van der Waals surface area contributed by atoms with Crippen molar-refractivity contribution in [3.63, 3.8) is 0 Å². The third kappa shape index (κ3) is 1.91. The highest BCUT2D eigenvalue weighted by Gasteiger charge is 2.23. The fraction of sp³-hybridized carbons (Fsp3) is 0.385. The highest BCUT2D eigenvalue weighted by Crippen LogP contribution is 2.37. The molecule has 0 bridgehead atoms. The van der Waals surface area contributed by atoms with E-state index in [4.69, 9.17) is 14.6 Å². The number of aliphatic hydroxyl groups is 1. The van der Waals surface area contributed by atoms with Crippen LogP contribution in [-0.4, -0.2) is 24.4 Å². The van der Waals surface area contributed by atoms with Crippen molar-refractivity contribution in [2.24, 2.45) is 0 Å². The molecule has 1 N–H and O–H groups in total. The number of rotatable bonds is 3. The van der Waals surface area contributed by atoms with Crippen LogP contribution in [0.2, 0.25) is 0 Å². The molecule has 1 aliphatic rings. The molecule has 16 heavy (non-hydrogen) atoms. The lowest BCUT2D eigenvalue weighted by molar-refractivity contribution is 0.0447. The molecule has 1 heterocycles. The van der Waals surface area contributed by atoms with Crippen molar-refractivity contribution in [3.8, 4) is 11.5 Å². The van der Waals surface area contributed by atoms with Gasteiger partial charge in [0.15, 0.2) is 17.6 Å². The predicted octanol–water partition coefficient (Wildman–Crippen LogP) is 1.86. The van der Waals surface area contributed by atoms with Gasteiger partial charge in [-0.1, -0.05) is 12.1 Å². The molecule has 0 aromatic heterocycles. The number of hydrogen-bond donors (Lipinski definition) is 1. The minimum absolute atomic E-state index is 0.0269. The second kappa shape index (κ2) is 4.58. The summed E-state index contributed by atoms with van der Waals surface area (Å²) in [5, 5.41) is 9.08. The Kier molecular flexibility index (Phi) is 3.15. The van der Waals surface area contributed by atoms with Crippen molar-refractivity contribution >= 4 is 0 Å². The monoisotopic (exact) mass is 220 g/mol. The van der Waals surface area contributed by atoms with Crippen LogP contribution in [0.25, 0.3) is 0 Å². The average molecular weight is 220 g/mol. The average Bonchev–Trinajstić information content (AvgIpc) is 2.32. The lowest BCUT2D eigenvalue weighted by Gasteiger charge is -2.27. The number of fused-ring (bicyclic) bond motifs is 1. The predicted molar refractivity (Wildman–Crippen MR) is 62.1 cm³/mol. The van der Waals surface area contributed by atoms with E-state index in [1.165, 1.54) is 0 Å². The van der Waals surface area contributed by atoms with Crippen LogP contribution in [0.4, 0.5) is 0 Å². The van der Waals surface area contributed by atoms with E-state index < -0.39 is 0 Å². The summed E-state index contributed by atoms with van der Waals surface area (Å²) in [5.41, 5.74) is 2.24. The van der Waals surface area contributed by atoms with Gasteiger partial charge in [-0.25, -0.2) is 0 Å². The SMILES string of the molecule is C=CCc1c(C)ccc2c1OC(CO)CO2. The molecule has 1 aromatic carbocycles. The molecular weight excluding hydrogens is 204 g/mol. The summed E-state index contributed by atoms with van der Waals surface area (Å²) < 4.78 is 11.3. The molecule has 0 radical (unpaired) electrons. The molecule has 86 valence electrons. The van der Waals surface area contributed by atoms with Crippen LogP contribution >= 0.6 is 0 Å². The fourth-order valence-corrected chi connectivity index (χ4v) is 1.82. The van der Waals surface area contributed by atoms with Crippen LogP contribution in [0.15, 0.2) is 24.8 Å². The van der Waals surface area contributed by atoms with Crippen molar-refractivity contribution in [1.82, 2.24) is 0 Å². The quantitative estimate of drug-likeness (QED) is 0.790. The Morgan fingerprint density at radius 2 is 2.38 bits per heavy atom. The second-order valence-corrected chi connectivity index (χ2v) is 3.91. The van der Waals surface area contributed by atoms with E-state index in [0.717, 1.165) is 29.0 Å². The smallest absolute Gasteiger partial charge is 0.165 e. The number of aryl methyl sites for hydroxylation is 1. The van der Waals surface area contributed by atoms with Crippen molar-refractivity contribution in [3.05, 3.63) is 35.9 Å². The summed E-state index contributed by atoms with van der Waals surface area (Å²) in [7, 11) is 0. The zero-order valence-electron chi connectivity index (χ0n) is 9.40. The van der Waals surface area contributed by atoms with Gasteiger partial charge in [0.1, 0.15) is 6.61 Å². The molecule has 1 atom stereocenters. The molecule has 3 nitrogen and oxygen atoms in total.